The van der Waals surface area contributed by atoms with Crippen LogP contribution in [0.5, 0.6) is 0 Å². The van der Waals surface area contributed by atoms with Crippen molar-refractivity contribution in [2.45, 2.75) is 151 Å². The van der Waals surface area contributed by atoms with E-state index in [4.69, 9.17) is 6.42 Å². The Morgan fingerprint density at radius 3 is 1.50 bits per heavy atom. The lowest BCUT2D eigenvalue weighted by atomic mass is 9.87. The molecule has 0 saturated carbocycles. The number of aliphatic hydroxyl groups excluding tert-OH is 2. The van der Waals surface area contributed by atoms with Crippen LogP contribution in [-0.4, -0.2) is 155 Å². The fraction of sp³-hybridized carbons (Fsp3) is 0.538. The number of benzene rings is 2. The molecule has 2 aromatic rings. The van der Waals surface area contributed by atoms with Crippen molar-refractivity contribution in [2.24, 2.45) is 0 Å². The Bertz CT molecular complexity index is 2390. The van der Waals surface area contributed by atoms with Gasteiger partial charge in [0.15, 0.2) is 12.2 Å². The molecule has 0 bridgehead atoms. The minimum atomic E-state index is -2.34. The minimum Gasteiger partial charge on any atom is -0.380 e. The summed E-state index contributed by atoms with van der Waals surface area (Å²) < 4.78 is 0. The summed E-state index contributed by atoms with van der Waals surface area (Å²) in [6, 6.07) is 6.96. The highest BCUT2D eigenvalue weighted by Gasteiger charge is 2.46. The van der Waals surface area contributed by atoms with Crippen LogP contribution in [-0.2, 0) is 51.2 Å². The van der Waals surface area contributed by atoms with Crippen LogP contribution in [0.3, 0.4) is 0 Å². The molecule has 2 fully saturated rings. The largest absolute Gasteiger partial charge is 0.380 e. The van der Waals surface area contributed by atoms with E-state index in [-0.39, 0.29) is 50.9 Å². The number of hydrogen-bond acceptors (Lipinski definition) is 12. The van der Waals surface area contributed by atoms with E-state index in [9.17, 15) is 48.6 Å². The second kappa shape index (κ2) is 25.1. The smallest absolute Gasteiger partial charge is 0.252 e. The molecule has 20 nitrogen and oxygen atoms in total. The van der Waals surface area contributed by atoms with E-state index >= 15 is 0 Å². The molecule has 2 aromatic carbocycles. The number of aliphatic hydroxyl groups is 2. The van der Waals surface area contributed by atoms with Gasteiger partial charge in [0, 0.05) is 31.6 Å². The SMILES string of the molecule is C#CC[C@H](NC(=O)[C@H](C)NC)C(=O)N1C[C@@H](NC(=O)[C@H](O)[C@@H](O)C(=O)N[C@H]2C[C@@H](C(=O)N[C@@H]3CCCc4ccccc43)N(C(=O)[C@H](CC=C)NC(=O)[C@H](C)NC)C2)C[C@H]1C(=O)N[C@@H]1CCCc2ccccc21. The van der Waals surface area contributed by atoms with Crippen molar-refractivity contribution in [3.05, 3.63) is 83.4 Å². The molecular formula is C52H70N10O10. The minimum absolute atomic E-state index is 0.0320. The molecule has 2 aliphatic heterocycles. The summed E-state index contributed by atoms with van der Waals surface area (Å²) in [5.74, 6) is -3.19. The maximum Gasteiger partial charge on any atom is 0.252 e. The van der Waals surface area contributed by atoms with E-state index < -0.39 is 108 Å². The fourth-order valence-electron chi connectivity index (χ4n) is 10.0. The number of rotatable bonds is 20. The normalized spacial score (nSPS) is 23.7. The van der Waals surface area contributed by atoms with Gasteiger partial charge in [-0.3, -0.25) is 38.4 Å². The summed E-state index contributed by atoms with van der Waals surface area (Å²) in [6.07, 6.45) is 6.65. The van der Waals surface area contributed by atoms with Crippen molar-refractivity contribution < 1.29 is 48.6 Å². The Kier molecular flexibility index (Phi) is 19.1. The lowest BCUT2D eigenvalue weighted by molar-refractivity contribution is -0.147. The summed E-state index contributed by atoms with van der Waals surface area (Å²) >= 11 is 0. The molecule has 2 heterocycles. The van der Waals surface area contributed by atoms with Gasteiger partial charge in [-0.05, 0) is 108 Å². The van der Waals surface area contributed by atoms with E-state index in [0.717, 1.165) is 47.9 Å². The average Bonchev–Trinajstić information content (AvgIpc) is 4.01. The van der Waals surface area contributed by atoms with Crippen LogP contribution in [0.25, 0.3) is 0 Å². The quantitative estimate of drug-likeness (QED) is 0.0569. The molecule has 4 aliphatic rings. The van der Waals surface area contributed by atoms with Crippen LogP contribution in [0, 0.1) is 12.3 Å². The predicted molar refractivity (Wildman–Crippen MR) is 266 cm³/mol. The number of carbonyl (C=O) groups excluding carboxylic acids is 8. The van der Waals surface area contributed by atoms with E-state index in [1.54, 1.807) is 27.9 Å². The van der Waals surface area contributed by atoms with Crippen molar-refractivity contribution in [2.75, 3.05) is 27.2 Å². The molecule has 20 heteroatoms. The number of hydrogen-bond donors (Lipinski definition) is 10. The first-order chi connectivity index (χ1) is 34.5. The van der Waals surface area contributed by atoms with Gasteiger partial charge in [0.05, 0.1) is 24.2 Å². The number of likely N-dealkylation sites (tertiary alicyclic amines) is 2. The first-order valence-electron chi connectivity index (χ1n) is 24.8. The Hall–Kier alpha value is -6.66. The molecule has 388 valence electrons. The Morgan fingerprint density at radius 1 is 0.667 bits per heavy atom. The molecule has 12 atom stereocenters. The molecule has 0 unspecified atom stereocenters. The summed E-state index contributed by atoms with van der Waals surface area (Å²) in [7, 11) is 3.17. The number of carbonyl (C=O) groups is 8. The molecule has 72 heavy (non-hydrogen) atoms. The van der Waals surface area contributed by atoms with Crippen LogP contribution in [0.2, 0.25) is 0 Å². The molecule has 2 aliphatic carbocycles. The van der Waals surface area contributed by atoms with Crippen LogP contribution >= 0.6 is 0 Å². The van der Waals surface area contributed by atoms with Gasteiger partial charge >= 0.3 is 0 Å². The Labute approximate surface area is 420 Å². The van der Waals surface area contributed by atoms with E-state index in [1.165, 1.54) is 15.9 Å². The number of amides is 8. The maximum atomic E-state index is 14.3. The van der Waals surface area contributed by atoms with Crippen molar-refractivity contribution in [1.82, 2.24) is 52.3 Å². The van der Waals surface area contributed by atoms with Gasteiger partial charge in [-0.1, -0.05) is 54.6 Å². The monoisotopic (exact) mass is 995 g/mol. The maximum absolute atomic E-state index is 14.3. The number of terminal acetylenes is 1. The lowest BCUT2D eigenvalue weighted by Gasteiger charge is -2.31. The zero-order chi connectivity index (χ0) is 52.2. The van der Waals surface area contributed by atoms with Gasteiger partial charge in [0.1, 0.15) is 24.2 Å². The molecule has 6 rings (SSSR count). The van der Waals surface area contributed by atoms with Crippen LogP contribution in [0.4, 0.5) is 0 Å². The first-order valence-corrected chi connectivity index (χ1v) is 24.8. The fourth-order valence-corrected chi connectivity index (χ4v) is 10.0. The average molecular weight is 995 g/mol. The molecule has 0 radical (unpaired) electrons. The van der Waals surface area contributed by atoms with E-state index in [1.807, 2.05) is 48.5 Å². The molecule has 0 spiro atoms. The Balaban J connectivity index is 1.16. The zero-order valence-electron chi connectivity index (χ0n) is 41.4. The van der Waals surface area contributed by atoms with Gasteiger partial charge in [-0.2, -0.15) is 0 Å². The first kappa shape index (κ1) is 54.7. The number of fused-ring (bicyclic) bond motifs is 2. The zero-order valence-corrected chi connectivity index (χ0v) is 41.4. The summed E-state index contributed by atoms with van der Waals surface area (Å²) in [6.45, 7) is 6.48. The second-order valence-corrected chi connectivity index (χ2v) is 19.2. The van der Waals surface area contributed by atoms with Gasteiger partial charge < -0.3 is 62.5 Å². The number of aryl methyl sites for hydroxylation is 2. The summed E-state index contributed by atoms with van der Waals surface area (Å²) in [4.78, 5) is 113. The van der Waals surface area contributed by atoms with E-state index in [0.29, 0.717) is 12.8 Å². The number of nitrogens with zero attached hydrogens (tertiary/aromatic N) is 2. The summed E-state index contributed by atoms with van der Waals surface area (Å²) in [5.41, 5.74) is 4.10. The molecule has 2 saturated heterocycles. The van der Waals surface area contributed by atoms with Crippen LogP contribution in [0.15, 0.2) is 61.2 Å². The number of nitrogens with one attached hydrogen (secondary N) is 8. The third-order valence-electron chi connectivity index (χ3n) is 14.3. The number of likely N-dealkylation sites (N-methyl/N-ethyl adjacent to an activating group) is 2. The third-order valence-corrected chi connectivity index (χ3v) is 14.3. The summed E-state index contributed by atoms with van der Waals surface area (Å²) in [5, 5.41) is 44.7. The molecule has 10 N–H and O–H groups in total. The van der Waals surface area contributed by atoms with Crippen LogP contribution in [0.1, 0.15) is 99.6 Å². The molecular weight excluding hydrogens is 925 g/mol. The third kappa shape index (κ3) is 13.1. The van der Waals surface area contributed by atoms with Crippen molar-refractivity contribution in [3.63, 3.8) is 0 Å². The van der Waals surface area contributed by atoms with Crippen molar-refractivity contribution in [3.8, 4) is 12.3 Å². The van der Waals surface area contributed by atoms with Crippen molar-refractivity contribution >= 4 is 47.3 Å². The van der Waals surface area contributed by atoms with Gasteiger partial charge in [0.2, 0.25) is 35.4 Å². The van der Waals surface area contributed by atoms with Crippen molar-refractivity contribution in [1.29, 1.82) is 0 Å². The second-order valence-electron chi connectivity index (χ2n) is 19.2. The lowest BCUT2D eigenvalue weighted by Crippen LogP contribution is -2.56. The van der Waals surface area contributed by atoms with Gasteiger partial charge in [-0.25, -0.2) is 0 Å². The Morgan fingerprint density at radius 2 is 1.08 bits per heavy atom. The topological polar surface area (TPSA) is 280 Å². The molecule has 0 aromatic heterocycles. The standard InChI is InChI=1S/C52H70N10O10/c1-7-15-39(59-45(65)29(3)53-5)51(71)61-27-33(25-41(61)47(67)57-37-23-13-19-31-17-9-11-21-35(31)37)55-49(69)43(63)44(64)50(70)56-34-26-42(48(68)58-38-24-14-20-32-18-10-12-22-36(32)38)62(28-34)52(72)40(16-8-2)60-46(66)30(4)54-6/h1,8-12,17-18,21-22,29-30,33-34,37-44,53-54,63-64H,2,13-16,19-20,23-28H2,3-6H3,(H,55,69)(H,56,70)(H,57,67)(H,58,68)(H,59,65)(H,60,66)/t29-,30-,33-,34-,37+,38+,39-,40-,41-,42-,43+,44+/m0/s1. The van der Waals surface area contributed by atoms with Gasteiger partial charge in [0.25, 0.3) is 11.8 Å². The highest BCUT2D eigenvalue weighted by atomic mass is 16.3. The molecule has 8 amide bonds. The van der Waals surface area contributed by atoms with E-state index in [2.05, 4.69) is 55.0 Å². The van der Waals surface area contributed by atoms with Gasteiger partial charge in [-0.15, -0.1) is 18.9 Å². The highest BCUT2D eigenvalue weighted by Crippen LogP contribution is 2.32. The van der Waals surface area contributed by atoms with Crippen LogP contribution < -0.4 is 42.5 Å². The predicted octanol–water partition coefficient (Wildman–Crippen LogP) is -0.948. The highest BCUT2D eigenvalue weighted by molar-refractivity contribution is 5.96.